The number of aryl methyl sites for hydroxylation is 1. The summed E-state index contributed by atoms with van der Waals surface area (Å²) in [6, 6.07) is 3.78. The number of ketones is 1. The Morgan fingerprint density at radius 3 is 2.71 bits per heavy atom. The predicted octanol–water partition coefficient (Wildman–Crippen LogP) is 1.80. The number of halogens is 1. The van der Waals surface area contributed by atoms with Crippen LogP contribution in [0.4, 0.5) is 4.39 Å². The Bertz CT molecular complexity index is 843. The van der Waals surface area contributed by atoms with Crippen LogP contribution in [-0.2, 0) is 16.1 Å². The highest BCUT2D eigenvalue weighted by atomic mass is 19.1. The van der Waals surface area contributed by atoms with Crippen molar-refractivity contribution in [1.29, 1.82) is 0 Å². The Balaban J connectivity index is 2.07. The molecule has 1 aromatic carbocycles. The highest BCUT2D eigenvalue weighted by Gasteiger charge is 2.22. The number of hydrogen-bond donors (Lipinski definition) is 1. The fraction of sp³-hybridized carbons (Fsp3) is 0.412. The van der Waals surface area contributed by atoms with E-state index in [-0.39, 0.29) is 42.2 Å². The van der Waals surface area contributed by atoms with E-state index in [9.17, 15) is 18.8 Å². The maximum absolute atomic E-state index is 13.1. The maximum atomic E-state index is 13.1. The van der Waals surface area contributed by atoms with Crippen molar-refractivity contribution in [2.75, 3.05) is 0 Å². The summed E-state index contributed by atoms with van der Waals surface area (Å²) in [5.74, 6) is -0.728. The van der Waals surface area contributed by atoms with Gasteiger partial charge in [-0.1, -0.05) is 0 Å². The fourth-order valence-corrected chi connectivity index (χ4v) is 2.62. The number of Topliss-reactive ketones (excluding diaryl/α,β-unsaturated/α-hetero) is 1. The smallest absolute Gasteiger partial charge is 0.261 e. The fourth-order valence-electron chi connectivity index (χ4n) is 2.62. The molecule has 0 aliphatic carbocycles. The Morgan fingerprint density at radius 2 is 2.04 bits per heavy atom. The quantitative estimate of drug-likeness (QED) is 0.874. The Kier molecular flexibility index (Phi) is 5.11. The molecule has 128 valence electrons. The van der Waals surface area contributed by atoms with Crippen LogP contribution in [0.3, 0.4) is 0 Å². The van der Waals surface area contributed by atoms with E-state index in [0.717, 1.165) is 0 Å². The van der Waals surface area contributed by atoms with Crippen LogP contribution in [-0.4, -0.2) is 26.8 Å². The van der Waals surface area contributed by atoms with Gasteiger partial charge in [0.05, 0.1) is 17.2 Å². The van der Waals surface area contributed by atoms with Crippen molar-refractivity contribution in [3.05, 3.63) is 40.7 Å². The summed E-state index contributed by atoms with van der Waals surface area (Å²) in [7, 11) is 0. The summed E-state index contributed by atoms with van der Waals surface area (Å²) in [6.45, 7) is 5.16. The van der Waals surface area contributed by atoms with Gasteiger partial charge in [0.25, 0.3) is 5.56 Å². The summed E-state index contributed by atoms with van der Waals surface area (Å²) in [4.78, 5) is 39.6. The van der Waals surface area contributed by atoms with Crippen LogP contribution in [0.2, 0.25) is 0 Å². The van der Waals surface area contributed by atoms with E-state index in [1.54, 1.807) is 13.8 Å². The normalized spacial score (nSPS) is 11.5. The first-order chi connectivity index (χ1) is 11.2. The van der Waals surface area contributed by atoms with Crippen molar-refractivity contribution in [2.24, 2.45) is 0 Å². The van der Waals surface area contributed by atoms with E-state index in [2.05, 4.69) is 10.3 Å². The van der Waals surface area contributed by atoms with Crippen molar-refractivity contribution in [3.8, 4) is 0 Å². The van der Waals surface area contributed by atoms with Crippen molar-refractivity contribution in [3.63, 3.8) is 0 Å². The molecule has 0 radical (unpaired) electrons. The zero-order valence-corrected chi connectivity index (χ0v) is 13.9. The van der Waals surface area contributed by atoms with Gasteiger partial charge in [-0.15, -0.1) is 0 Å². The molecule has 0 fully saturated rings. The summed E-state index contributed by atoms with van der Waals surface area (Å²) in [5, 5.41) is 3.08. The van der Waals surface area contributed by atoms with E-state index in [1.807, 2.05) is 0 Å². The molecule has 0 saturated carbocycles. The molecule has 1 N–H and O–H groups in total. The lowest BCUT2D eigenvalue weighted by atomic mass is 9.98. The Labute approximate surface area is 138 Å². The molecule has 7 heteroatoms. The number of aromatic nitrogens is 2. The van der Waals surface area contributed by atoms with E-state index < -0.39 is 11.4 Å². The highest BCUT2D eigenvalue weighted by Crippen LogP contribution is 2.10. The molecule has 0 unspecified atom stereocenters. The third kappa shape index (κ3) is 4.47. The van der Waals surface area contributed by atoms with E-state index >= 15 is 0 Å². The second-order valence-corrected chi connectivity index (χ2v) is 6.47. The van der Waals surface area contributed by atoms with Gasteiger partial charge in [0, 0.05) is 31.0 Å². The number of rotatable bonds is 6. The number of nitrogens with zero attached hydrogens (tertiary/aromatic N) is 2. The monoisotopic (exact) mass is 333 g/mol. The molecule has 0 bridgehead atoms. The molecular formula is C17H20FN3O3. The maximum Gasteiger partial charge on any atom is 0.261 e. The summed E-state index contributed by atoms with van der Waals surface area (Å²) >= 11 is 0. The molecule has 24 heavy (non-hydrogen) atoms. The third-order valence-electron chi connectivity index (χ3n) is 3.54. The lowest BCUT2D eigenvalue weighted by molar-refractivity contribution is -0.123. The molecule has 1 amide bonds. The molecule has 0 aliphatic heterocycles. The topological polar surface area (TPSA) is 81.1 Å². The van der Waals surface area contributed by atoms with Gasteiger partial charge >= 0.3 is 0 Å². The Morgan fingerprint density at radius 1 is 1.33 bits per heavy atom. The number of benzene rings is 1. The van der Waals surface area contributed by atoms with Gasteiger partial charge in [-0.05, 0) is 32.9 Å². The van der Waals surface area contributed by atoms with E-state index in [1.165, 1.54) is 36.0 Å². The molecule has 1 heterocycles. The number of carbonyl (C=O) groups is 2. The zero-order valence-electron chi connectivity index (χ0n) is 13.9. The predicted molar refractivity (Wildman–Crippen MR) is 88.1 cm³/mol. The SMILES string of the molecule is CC(=O)CC(C)(C)NC(=O)CCn1cnc2cc(F)ccc2c1=O. The average molecular weight is 333 g/mol. The van der Waals surface area contributed by atoms with Crippen LogP contribution >= 0.6 is 0 Å². The first kappa shape index (κ1) is 17.8. The second kappa shape index (κ2) is 6.90. The first-order valence-electron chi connectivity index (χ1n) is 7.63. The lowest BCUT2D eigenvalue weighted by Crippen LogP contribution is -2.45. The molecule has 0 saturated heterocycles. The van der Waals surface area contributed by atoms with Crippen LogP contribution in [0.1, 0.15) is 33.6 Å². The second-order valence-electron chi connectivity index (χ2n) is 6.47. The lowest BCUT2D eigenvalue weighted by Gasteiger charge is -2.25. The summed E-state index contributed by atoms with van der Waals surface area (Å²) in [6.07, 6.45) is 1.62. The van der Waals surface area contributed by atoms with Crippen LogP contribution in [0.15, 0.2) is 29.3 Å². The van der Waals surface area contributed by atoms with Crippen molar-refractivity contribution >= 4 is 22.6 Å². The van der Waals surface area contributed by atoms with Crippen molar-refractivity contribution in [2.45, 2.75) is 45.7 Å². The summed E-state index contributed by atoms with van der Waals surface area (Å²) < 4.78 is 14.5. The number of fused-ring (bicyclic) bond motifs is 1. The molecule has 2 rings (SSSR count). The number of nitrogens with one attached hydrogen (secondary N) is 1. The average Bonchev–Trinajstić information content (AvgIpc) is 2.44. The van der Waals surface area contributed by atoms with Crippen molar-refractivity contribution < 1.29 is 14.0 Å². The van der Waals surface area contributed by atoms with Gasteiger partial charge in [-0.25, -0.2) is 9.37 Å². The van der Waals surface area contributed by atoms with Gasteiger partial charge in [-0.3, -0.25) is 19.0 Å². The molecule has 1 aromatic heterocycles. The highest BCUT2D eigenvalue weighted by molar-refractivity contribution is 5.80. The minimum Gasteiger partial charge on any atom is -0.351 e. The number of amides is 1. The van der Waals surface area contributed by atoms with Crippen LogP contribution in [0.5, 0.6) is 0 Å². The molecule has 0 aliphatic rings. The van der Waals surface area contributed by atoms with E-state index in [0.29, 0.717) is 5.39 Å². The largest absolute Gasteiger partial charge is 0.351 e. The molecule has 0 atom stereocenters. The molecular weight excluding hydrogens is 313 g/mol. The van der Waals surface area contributed by atoms with Crippen LogP contribution < -0.4 is 10.9 Å². The number of hydrogen-bond acceptors (Lipinski definition) is 4. The standard InChI is InChI=1S/C17H20FN3O3/c1-11(22)9-17(2,3)20-15(23)6-7-21-10-19-14-8-12(18)4-5-13(14)16(21)24/h4-5,8,10H,6-7,9H2,1-3H3,(H,20,23). The first-order valence-corrected chi connectivity index (χ1v) is 7.63. The van der Waals surface area contributed by atoms with Gasteiger partial charge in [0.1, 0.15) is 11.6 Å². The van der Waals surface area contributed by atoms with Crippen LogP contribution in [0.25, 0.3) is 10.9 Å². The zero-order chi connectivity index (χ0) is 17.9. The molecule has 0 spiro atoms. The van der Waals surface area contributed by atoms with Gasteiger partial charge in [0.2, 0.25) is 5.91 Å². The molecule has 2 aromatic rings. The number of carbonyl (C=O) groups excluding carboxylic acids is 2. The van der Waals surface area contributed by atoms with Crippen LogP contribution in [0, 0.1) is 5.82 Å². The Hall–Kier alpha value is -2.57. The van der Waals surface area contributed by atoms with Gasteiger partial charge in [-0.2, -0.15) is 0 Å². The molecule has 6 nitrogen and oxygen atoms in total. The minimum absolute atomic E-state index is 0.0116. The third-order valence-corrected chi connectivity index (χ3v) is 3.54. The van der Waals surface area contributed by atoms with Gasteiger partial charge in [0.15, 0.2) is 0 Å². The summed E-state index contributed by atoms with van der Waals surface area (Å²) in [5.41, 5.74) is -0.674. The van der Waals surface area contributed by atoms with Crippen molar-refractivity contribution in [1.82, 2.24) is 14.9 Å². The van der Waals surface area contributed by atoms with Gasteiger partial charge < -0.3 is 5.32 Å². The minimum atomic E-state index is -0.632. The van der Waals surface area contributed by atoms with E-state index in [4.69, 9.17) is 0 Å².